The van der Waals surface area contributed by atoms with Crippen molar-refractivity contribution in [2.24, 2.45) is 5.92 Å². The van der Waals surface area contributed by atoms with Crippen LogP contribution in [0, 0.1) is 5.92 Å². The van der Waals surface area contributed by atoms with Gasteiger partial charge in [0.25, 0.3) is 0 Å². The van der Waals surface area contributed by atoms with Gasteiger partial charge in [-0.2, -0.15) is 0 Å². The summed E-state index contributed by atoms with van der Waals surface area (Å²) < 4.78 is 24.8. The number of rotatable bonds is 4. The van der Waals surface area contributed by atoms with E-state index in [-0.39, 0.29) is 32.2 Å². The highest BCUT2D eigenvalue weighted by atomic mass is 35.5. The van der Waals surface area contributed by atoms with Crippen molar-refractivity contribution < 1.29 is 18.3 Å². The second kappa shape index (κ2) is 5.92. The maximum absolute atomic E-state index is 12.4. The second-order valence-electron chi connectivity index (χ2n) is 5.00. The molecule has 0 bridgehead atoms. The summed E-state index contributed by atoms with van der Waals surface area (Å²) in [6.07, 6.45) is 3.82. The minimum Gasteiger partial charge on any atom is -0.478 e. The minimum absolute atomic E-state index is 0.00782. The quantitative estimate of drug-likeness (QED) is 0.910. The molecule has 0 heterocycles. The van der Waals surface area contributed by atoms with E-state index in [1.165, 1.54) is 6.07 Å². The number of hydrogen-bond acceptors (Lipinski definition) is 3. The summed E-state index contributed by atoms with van der Waals surface area (Å²) in [4.78, 5) is 10.9. The number of carboxylic acids is 1. The molecule has 7 heteroatoms. The van der Waals surface area contributed by atoms with Gasteiger partial charge in [-0.3, -0.25) is 0 Å². The molecule has 1 N–H and O–H groups in total. The van der Waals surface area contributed by atoms with Crippen LogP contribution in [0.4, 0.5) is 0 Å². The highest BCUT2D eigenvalue weighted by Crippen LogP contribution is 2.33. The predicted molar refractivity (Wildman–Crippen MR) is 77.4 cm³/mol. The fourth-order valence-corrected chi connectivity index (χ4v) is 5.17. The maximum atomic E-state index is 12.4. The Hall–Kier alpha value is -0.780. The number of carbonyl (C=O) groups is 1. The summed E-state index contributed by atoms with van der Waals surface area (Å²) in [5, 5.41) is 8.82. The van der Waals surface area contributed by atoms with Gasteiger partial charge >= 0.3 is 5.97 Å². The fourth-order valence-electron chi connectivity index (χ4n) is 2.52. The van der Waals surface area contributed by atoms with Crippen LogP contribution >= 0.6 is 23.2 Å². The van der Waals surface area contributed by atoms with Crippen LogP contribution in [0.5, 0.6) is 0 Å². The van der Waals surface area contributed by atoms with Gasteiger partial charge in [0.05, 0.1) is 21.2 Å². The molecule has 110 valence electrons. The molecule has 0 spiro atoms. The molecule has 1 aliphatic carbocycles. The Kier molecular flexibility index (Phi) is 4.62. The summed E-state index contributed by atoms with van der Waals surface area (Å²) in [6.45, 7) is 0. The Bertz CT molecular complexity index is 634. The van der Waals surface area contributed by atoms with Crippen LogP contribution < -0.4 is 0 Å². The van der Waals surface area contributed by atoms with E-state index in [1.807, 2.05) is 0 Å². The van der Waals surface area contributed by atoms with E-state index in [4.69, 9.17) is 28.3 Å². The topological polar surface area (TPSA) is 71.4 Å². The molecule has 0 saturated heterocycles. The van der Waals surface area contributed by atoms with Crippen molar-refractivity contribution in [3.05, 3.63) is 27.7 Å². The molecule has 1 saturated carbocycles. The molecule has 1 aliphatic rings. The van der Waals surface area contributed by atoms with Gasteiger partial charge in [-0.1, -0.05) is 36.0 Å². The Morgan fingerprint density at radius 2 is 1.85 bits per heavy atom. The third-order valence-electron chi connectivity index (χ3n) is 3.50. The SMILES string of the molecule is O=C(O)c1cc(Cl)cc(S(=O)(=O)CC2CCCC2)c1Cl. The highest BCUT2D eigenvalue weighted by Gasteiger charge is 2.28. The fraction of sp³-hybridized carbons (Fsp3) is 0.462. The summed E-state index contributed by atoms with van der Waals surface area (Å²) in [5.41, 5.74) is -0.288. The lowest BCUT2D eigenvalue weighted by Gasteiger charge is -2.12. The molecule has 1 aromatic carbocycles. The lowest BCUT2D eigenvalue weighted by Crippen LogP contribution is -2.15. The zero-order valence-electron chi connectivity index (χ0n) is 10.6. The molecule has 1 aromatic rings. The van der Waals surface area contributed by atoms with Crippen molar-refractivity contribution in [1.82, 2.24) is 0 Å². The van der Waals surface area contributed by atoms with Crippen LogP contribution in [-0.2, 0) is 9.84 Å². The van der Waals surface area contributed by atoms with Crippen molar-refractivity contribution in [3.63, 3.8) is 0 Å². The largest absolute Gasteiger partial charge is 0.478 e. The predicted octanol–water partition coefficient (Wildman–Crippen LogP) is 3.66. The van der Waals surface area contributed by atoms with E-state index >= 15 is 0 Å². The summed E-state index contributed by atoms with van der Waals surface area (Å²) in [6, 6.07) is 2.38. The summed E-state index contributed by atoms with van der Waals surface area (Å²) in [7, 11) is -3.63. The minimum atomic E-state index is -3.63. The Morgan fingerprint density at radius 3 is 2.40 bits per heavy atom. The molecule has 2 rings (SSSR count). The van der Waals surface area contributed by atoms with Gasteiger partial charge in [-0.25, -0.2) is 13.2 Å². The third-order valence-corrected chi connectivity index (χ3v) is 6.14. The normalized spacial score (nSPS) is 16.5. The zero-order chi connectivity index (χ0) is 14.9. The number of carboxylic acid groups (broad SMARTS) is 1. The maximum Gasteiger partial charge on any atom is 0.337 e. The first-order chi connectivity index (χ1) is 9.31. The van der Waals surface area contributed by atoms with E-state index in [2.05, 4.69) is 0 Å². The summed E-state index contributed by atoms with van der Waals surface area (Å²) >= 11 is 11.7. The first-order valence-corrected chi connectivity index (χ1v) is 8.67. The number of sulfone groups is 1. The first kappa shape index (κ1) is 15.6. The highest BCUT2D eigenvalue weighted by molar-refractivity contribution is 7.91. The lowest BCUT2D eigenvalue weighted by molar-refractivity contribution is 0.0697. The third kappa shape index (κ3) is 3.27. The van der Waals surface area contributed by atoms with E-state index in [9.17, 15) is 13.2 Å². The van der Waals surface area contributed by atoms with Crippen LogP contribution in [-0.4, -0.2) is 25.2 Å². The first-order valence-electron chi connectivity index (χ1n) is 6.26. The molecule has 0 atom stereocenters. The number of aromatic carboxylic acids is 1. The Balaban J connectivity index is 2.42. The number of benzene rings is 1. The molecule has 0 amide bonds. The van der Waals surface area contributed by atoms with E-state index in [0.29, 0.717) is 0 Å². The van der Waals surface area contributed by atoms with Gasteiger partial charge in [0.15, 0.2) is 9.84 Å². The van der Waals surface area contributed by atoms with Crippen LogP contribution in [0.1, 0.15) is 36.0 Å². The van der Waals surface area contributed by atoms with Crippen LogP contribution in [0.25, 0.3) is 0 Å². The molecule has 1 fully saturated rings. The van der Waals surface area contributed by atoms with E-state index in [0.717, 1.165) is 31.7 Å². The van der Waals surface area contributed by atoms with Gasteiger partial charge in [-0.15, -0.1) is 0 Å². The van der Waals surface area contributed by atoms with Gasteiger partial charge in [0, 0.05) is 5.02 Å². The van der Waals surface area contributed by atoms with E-state index < -0.39 is 15.8 Å². The van der Waals surface area contributed by atoms with Crippen molar-refractivity contribution >= 4 is 39.0 Å². The van der Waals surface area contributed by atoms with Crippen molar-refractivity contribution in [2.45, 2.75) is 30.6 Å². The molecule has 0 unspecified atom stereocenters. The average Bonchev–Trinajstić information content (AvgIpc) is 2.83. The molecule has 0 aromatic heterocycles. The van der Waals surface area contributed by atoms with Gasteiger partial charge in [0.2, 0.25) is 0 Å². The molecule has 4 nitrogen and oxygen atoms in total. The molecule has 0 aliphatic heterocycles. The Morgan fingerprint density at radius 1 is 1.25 bits per heavy atom. The molecule has 20 heavy (non-hydrogen) atoms. The number of hydrogen-bond donors (Lipinski definition) is 1. The smallest absolute Gasteiger partial charge is 0.337 e. The Labute approximate surface area is 127 Å². The van der Waals surface area contributed by atoms with Crippen LogP contribution in [0.2, 0.25) is 10.0 Å². The van der Waals surface area contributed by atoms with Crippen molar-refractivity contribution in [1.29, 1.82) is 0 Å². The molecular formula is C13H14Cl2O4S. The average molecular weight is 337 g/mol. The van der Waals surface area contributed by atoms with Gasteiger partial charge in [-0.05, 0) is 30.9 Å². The van der Waals surface area contributed by atoms with Gasteiger partial charge < -0.3 is 5.11 Å². The van der Waals surface area contributed by atoms with Crippen LogP contribution in [0.3, 0.4) is 0 Å². The number of halogens is 2. The zero-order valence-corrected chi connectivity index (χ0v) is 12.9. The summed E-state index contributed by atoms with van der Waals surface area (Å²) in [5.74, 6) is -1.19. The molecule has 0 radical (unpaired) electrons. The monoisotopic (exact) mass is 336 g/mol. The molecular weight excluding hydrogens is 323 g/mol. The van der Waals surface area contributed by atoms with Crippen LogP contribution in [0.15, 0.2) is 17.0 Å². The standard InChI is InChI=1S/C13H14Cl2O4S/c14-9-5-10(13(16)17)12(15)11(6-9)20(18,19)7-8-3-1-2-4-8/h5-6,8H,1-4,7H2,(H,16,17). The second-order valence-corrected chi connectivity index (χ2v) is 7.82. The van der Waals surface area contributed by atoms with Crippen molar-refractivity contribution in [2.75, 3.05) is 5.75 Å². The van der Waals surface area contributed by atoms with Gasteiger partial charge in [0.1, 0.15) is 0 Å². The van der Waals surface area contributed by atoms with E-state index in [1.54, 1.807) is 0 Å². The lowest BCUT2D eigenvalue weighted by atomic mass is 10.1. The van der Waals surface area contributed by atoms with Crippen molar-refractivity contribution in [3.8, 4) is 0 Å².